The lowest BCUT2D eigenvalue weighted by molar-refractivity contribution is -0.282. The number of allylic oxidation sites excluding steroid dienone is 1. The summed E-state index contributed by atoms with van der Waals surface area (Å²) in [5, 5.41) is 32.3. The third-order valence-electron chi connectivity index (χ3n) is 11.6. The van der Waals surface area contributed by atoms with Crippen molar-refractivity contribution >= 4 is 0 Å². The van der Waals surface area contributed by atoms with Crippen LogP contribution in [0, 0.1) is 40.4 Å². The van der Waals surface area contributed by atoms with E-state index in [9.17, 15) is 15.3 Å². The average Bonchev–Trinajstić information content (AvgIpc) is 3.16. The fourth-order valence-electron chi connectivity index (χ4n) is 9.70. The van der Waals surface area contributed by atoms with Gasteiger partial charge in [0.15, 0.2) is 5.79 Å². The lowest BCUT2D eigenvalue weighted by atomic mass is 9.45. The Labute approximate surface area is 192 Å². The lowest BCUT2D eigenvalue weighted by Gasteiger charge is -2.61. The van der Waals surface area contributed by atoms with E-state index in [1.165, 1.54) is 5.57 Å². The Bertz CT molecular complexity index is 802. The lowest BCUT2D eigenvalue weighted by Crippen LogP contribution is -2.61. The summed E-state index contributed by atoms with van der Waals surface area (Å²) < 4.78 is 13.1. The van der Waals surface area contributed by atoms with Crippen molar-refractivity contribution in [3.05, 3.63) is 11.6 Å². The topological polar surface area (TPSA) is 79.2 Å². The molecule has 5 heteroatoms. The molecule has 6 aliphatic rings. The molecule has 0 radical (unpaired) electrons. The van der Waals surface area contributed by atoms with Gasteiger partial charge in [-0.15, -0.1) is 0 Å². The highest BCUT2D eigenvalue weighted by molar-refractivity contribution is 5.29. The summed E-state index contributed by atoms with van der Waals surface area (Å²) in [6.07, 6.45) is 10.6. The van der Waals surface area contributed by atoms with Gasteiger partial charge in [-0.05, 0) is 62.2 Å². The molecule has 4 aliphatic carbocycles. The first-order valence-corrected chi connectivity index (χ1v) is 13.2. The Balaban J connectivity index is 1.30. The maximum atomic E-state index is 12.5. The van der Waals surface area contributed by atoms with Gasteiger partial charge in [-0.25, -0.2) is 0 Å². The molecule has 2 aliphatic heterocycles. The van der Waals surface area contributed by atoms with E-state index in [1.54, 1.807) is 0 Å². The monoisotopic (exact) mass is 446 g/mol. The smallest absolute Gasteiger partial charge is 0.171 e. The van der Waals surface area contributed by atoms with Crippen molar-refractivity contribution in [1.82, 2.24) is 0 Å². The molecule has 0 unspecified atom stereocenters. The number of hydrogen-bond donors (Lipinski definition) is 3. The molecule has 2 heterocycles. The Kier molecular flexibility index (Phi) is 4.84. The van der Waals surface area contributed by atoms with E-state index < -0.39 is 11.4 Å². The van der Waals surface area contributed by atoms with Gasteiger partial charge in [-0.2, -0.15) is 0 Å². The fraction of sp³-hybridized carbons (Fsp3) is 0.926. The molecule has 0 amide bonds. The molecule has 0 aromatic rings. The summed E-state index contributed by atoms with van der Waals surface area (Å²) in [5.74, 6) is 1.01. The van der Waals surface area contributed by atoms with Crippen LogP contribution in [0.25, 0.3) is 0 Å². The summed E-state index contributed by atoms with van der Waals surface area (Å²) in [7, 11) is 0. The van der Waals surface area contributed by atoms with Crippen LogP contribution < -0.4 is 0 Å². The summed E-state index contributed by atoms with van der Waals surface area (Å²) in [6.45, 7) is 7.80. The van der Waals surface area contributed by atoms with Crippen molar-refractivity contribution in [2.45, 2.75) is 102 Å². The van der Waals surface area contributed by atoms with Crippen LogP contribution in [0.2, 0.25) is 0 Å². The number of fused-ring (bicyclic) bond motifs is 7. The molecule has 5 fully saturated rings. The van der Waals surface area contributed by atoms with Gasteiger partial charge in [0, 0.05) is 42.6 Å². The number of rotatable bonds is 1. The van der Waals surface area contributed by atoms with Gasteiger partial charge >= 0.3 is 0 Å². The molecule has 2 saturated heterocycles. The molecule has 32 heavy (non-hydrogen) atoms. The van der Waals surface area contributed by atoms with Crippen molar-refractivity contribution in [2.75, 3.05) is 13.2 Å². The molecule has 0 aromatic carbocycles. The third kappa shape index (κ3) is 2.64. The zero-order chi connectivity index (χ0) is 22.5. The van der Waals surface area contributed by atoms with Gasteiger partial charge in [-0.3, -0.25) is 0 Å². The van der Waals surface area contributed by atoms with Gasteiger partial charge in [0.2, 0.25) is 0 Å². The van der Waals surface area contributed by atoms with Crippen molar-refractivity contribution in [1.29, 1.82) is 0 Å². The minimum Gasteiger partial charge on any atom is -0.396 e. The molecule has 180 valence electrons. The highest BCUT2D eigenvalue weighted by Gasteiger charge is 2.74. The fourth-order valence-corrected chi connectivity index (χ4v) is 9.70. The number of aliphatic hydroxyl groups excluding tert-OH is 2. The van der Waals surface area contributed by atoms with Gasteiger partial charge in [0.1, 0.15) is 0 Å². The predicted molar refractivity (Wildman–Crippen MR) is 121 cm³/mol. The van der Waals surface area contributed by atoms with E-state index in [-0.39, 0.29) is 47.4 Å². The molecule has 3 N–H and O–H groups in total. The van der Waals surface area contributed by atoms with Crippen LogP contribution in [-0.4, -0.2) is 52.1 Å². The predicted octanol–water partition coefficient (Wildman–Crippen LogP) is 3.80. The van der Waals surface area contributed by atoms with Crippen LogP contribution in [-0.2, 0) is 9.47 Å². The van der Waals surface area contributed by atoms with E-state index in [1.807, 2.05) is 0 Å². The Morgan fingerprint density at radius 2 is 1.91 bits per heavy atom. The molecule has 11 atom stereocenters. The number of ether oxygens (including phenoxy) is 2. The molecule has 5 nitrogen and oxygen atoms in total. The van der Waals surface area contributed by atoms with Crippen LogP contribution in [0.5, 0.6) is 0 Å². The normalized spacial score (nSPS) is 59.2. The van der Waals surface area contributed by atoms with E-state index >= 15 is 0 Å². The first-order chi connectivity index (χ1) is 15.2. The zero-order valence-corrected chi connectivity index (χ0v) is 20.1. The first-order valence-electron chi connectivity index (χ1n) is 13.2. The van der Waals surface area contributed by atoms with E-state index in [0.717, 1.165) is 57.8 Å². The minimum atomic E-state index is -0.704. The van der Waals surface area contributed by atoms with E-state index in [0.29, 0.717) is 18.4 Å². The second-order valence-electron chi connectivity index (χ2n) is 12.8. The van der Waals surface area contributed by atoms with Crippen molar-refractivity contribution in [2.24, 2.45) is 40.4 Å². The maximum absolute atomic E-state index is 12.5. The molecule has 0 bridgehead atoms. The standard InChI is InChI=1S/C27H42O5/c1-16-23-22(32-27(16)11-6-17(14-28)15-31-27)13-26(30)21-5-4-18-12-19(29)7-9-24(18,2)20(21)8-10-25(23,26)3/h4,16-17,19-23,28-30H,5-15H2,1-3H3/t16-,17-,19-,20+,21+,22-,23-,24-,25+,26+,27+/m0/s1. The zero-order valence-electron chi connectivity index (χ0n) is 20.1. The summed E-state index contributed by atoms with van der Waals surface area (Å²) in [6, 6.07) is 0. The molecule has 1 spiro atoms. The Morgan fingerprint density at radius 1 is 1.09 bits per heavy atom. The van der Waals surface area contributed by atoms with Crippen LogP contribution in [0.4, 0.5) is 0 Å². The van der Waals surface area contributed by atoms with E-state index in [4.69, 9.17) is 9.47 Å². The van der Waals surface area contributed by atoms with Crippen molar-refractivity contribution in [3.63, 3.8) is 0 Å². The van der Waals surface area contributed by atoms with Crippen molar-refractivity contribution in [3.8, 4) is 0 Å². The van der Waals surface area contributed by atoms with Gasteiger partial charge < -0.3 is 24.8 Å². The summed E-state index contributed by atoms with van der Waals surface area (Å²) in [4.78, 5) is 0. The van der Waals surface area contributed by atoms with E-state index in [2.05, 4.69) is 26.8 Å². The molecule has 0 aromatic heterocycles. The Morgan fingerprint density at radius 3 is 2.62 bits per heavy atom. The quantitative estimate of drug-likeness (QED) is 0.534. The molecular weight excluding hydrogens is 404 g/mol. The first kappa shape index (κ1) is 22.0. The molecule has 6 rings (SSSR count). The minimum absolute atomic E-state index is 0.0517. The van der Waals surface area contributed by atoms with Crippen LogP contribution in [0.3, 0.4) is 0 Å². The van der Waals surface area contributed by atoms with Crippen molar-refractivity contribution < 1.29 is 24.8 Å². The highest BCUT2D eigenvalue weighted by Crippen LogP contribution is 2.72. The highest BCUT2D eigenvalue weighted by atomic mass is 16.7. The summed E-state index contributed by atoms with van der Waals surface area (Å²) in [5.41, 5.74) is 0.705. The largest absolute Gasteiger partial charge is 0.396 e. The van der Waals surface area contributed by atoms with Gasteiger partial charge in [-0.1, -0.05) is 32.4 Å². The van der Waals surface area contributed by atoms with Gasteiger partial charge in [0.25, 0.3) is 0 Å². The Hall–Kier alpha value is -0.460. The maximum Gasteiger partial charge on any atom is 0.171 e. The van der Waals surface area contributed by atoms with Crippen LogP contribution >= 0.6 is 0 Å². The van der Waals surface area contributed by atoms with Crippen LogP contribution in [0.1, 0.15) is 78.6 Å². The van der Waals surface area contributed by atoms with Crippen LogP contribution in [0.15, 0.2) is 11.6 Å². The van der Waals surface area contributed by atoms with Gasteiger partial charge in [0.05, 0.1) is 24.4 Å². The number of hydrogen-bond acceptors (Lipinski definition) is 5. The number of aliphatic hydroxyl groups is 3. The third-order valence-corrected chi connectivity index (χ3v) is 11.6. The molecular formula is C27H42O5. The molecule has 3 saturated carbocycles. The summed E-state index contributed by atoms with van der Waals surface area (Å²) >= 11 is 0. The average molecular weight is 447 g/mol. The SMILES string of the molecule is C[C@H]1[C@H]2[C@H](C[C@@]3(O)[C@@H]4CC=C5C[C@@H](O)CC[C@]5(C)[C@@H]4CC[C@]23C)O[C@]12CC[C@@H](CO)CO2. The second-order valence-corrected chi connectivity index (χ2v) is 12.8. The second kappa shape index (κ2) is 7.04.